The number of hydrazone groups is 1. The summed E-state index contributed by atoms with van der Waals surface area (Å²) in [4.78, 5) is 29.6. The van der Waals surface area contributed by atoms with Crippen LogP contribution in [0.1, 0.15) is 45.8 Å². The third-order valence-electron chi connectivity index (χ3n) is 6.60. The summed E-state index contributed by atoms with van der Waals surface area (Å²) in [5.41, 5.74) is 7.49. The highest BCUT2D eigenvalue weighted by Gasteiger charge is 2.20. The van der Waals surface area contributed by atoms with E-state index in [4.69, 9.17) is 14.2 Å². The number of amides is 1. The van der Waals surface area contributed by atoms with Crippen LogP contribution in [-0.4, -0.2) is 36.3 Å². The van der Waals surface area contributed by atoms with Crippen LogP contribution in [0.2, 0.25) is 0 Å². The standard InChI is InChI=1S/C34H31N3O5/c1-4-40-28-19-18-24(20-29(28)41-5-2)34(39)42-27-17-10-9-15-25(27)21-35-37-33(38)32-30(23-13-7-6-8-14-23)26-16-11-12-22(3)31(26)36-32/h6-21,36H,4-5H2,1-3H3,(H,37,38). The van der Waals surface area contributed by atoms with Crippen LogP contribution >= 0.6 is 0 Å². The lowest BCUT2D eigenvalue weighted by Crippen LogP contribution is -2.19. The molecule has 0 aliphatic rings. The highest BCUT2D eigenvalue weighted by Crippen LogP contribution is 2.34. The Morgan fingerprint density at radius 3 is 2.36 bits per heavy atom. The van der Waals surface area contributed by atoms with Crippen molar-refractivity contribution in [2.45, 2.75) is 20.8 Å². The highest BCUT2D eigenvalue weighted by molar-refractivity contribution is 6.10. The van der Waals surface area contributed by atoms with Gasteiger partial charge >= 0.3 is 5.97 Å². The second kappa shape index (κ2) is 12.9. The van der Waals surface area contributed by atoms with E-state index >= 15 is 0 Å². The number of aromatic amines is 1. The second-order valence-electron chi connectivity index (χ2n) is 9.39. The summed E-state index contributed by atoms with van der Waals surface area (Å²) in [6.45, 7) is 6.63. The molecule has 1 aromatic heterocycles. The summed E-state index contributed by atoms with van der Waals surface area (Å²) < 4.78 is 16.9. The Bertz CT molecular complexity index is 1760. The SMILES string of the molecule is CCOc1ccc(C(=O)Oc2ccccc2C=NNC(=O)c2[nH]c3c(C)cccc3c2-c2ccccc2)cc1OCC. The maximum atomic E-state index is 13.4. The van der Waals surface area contributed by atoms with Gasteiger partial charge in [0.15, 0.2) is 11.5 Å². The fourth-order valence-corrected chi connectivity index (χ4v) is 4.67. The zero-order valence-electron chi connectivity index (χ0n) is 23.6. The number of nitrogens with one attached hydrogen (secondary N) is 2. The first kappa shape index (κ1) is 28.2. The Morgan fingerprint density at radius 1 is 0.833 bits per heavy atom. The molecule has 0 bridgehead atoms. The van der Waals surface area contributed by atoms with Gasteiger partial charge < -0.3 is 19.2 Å². The van der Waals surface area contributed by atoms with Crippen molar-refractivity contribution in [3.63, 3.8) is 0 Å². The third kappa shape index (κ3) is 6.02. The lowest BCUT2D eigenvalue weighted by atomic mass is 10.0. The minimum atomic E-state index is -0.565. The number of hydrogen-bond donors (Lipinski definition) is 2. The van der Waals surface area contributed by atoms with Crippen molar-refractivity contribution in [3.05, 3.63) is 113 Å². The summed E-state index contributed by atoms with van der Waals surface area (Å²) in [7, 11) is 0. The molecule has 212 valence electrons. The smallest absolute Gasteiger partial charge is 0.343 e. The Hall–Kier alpha value is -5.37. The molecule has 42 heavy (non-hydrogen) atoms. The first-order valence-electron chi connectivity index (χ1n) is 13.7. The van der Waals surface area contributed by atoms with E-state index < -0.39 is 11.9 Å². The van der Waals surface area contributed by atoms with E-state index in [1.54, 1.807) is 42.5 Å². The molecular formula is C34H31N3O5. The number of aromatic nitrogens is 1. The van der Waals surface area contributed by atoms with E-state index in [1.807, 2.05) is 69.3 Å². The summed E-state index contributed by atoms with van der Waals surface area (Å²) in [5.74, 6) is 0.351. The normalized spacial score (nSPS) is 11.0. The number of carbonyl (C=O) groups is 2. The zero-order chi connectivity index (χ0) is 29.5. The van der Waals surface area contributed by atoms with Crippen molar-refractivity contribution in [1.29, 1.82) is 0 Å². The average molecular weight is 562 g/mol. The van der Waals surface area contributed by atoms with Gasteiger partial charge in [-0.15, -0.1) is 0 Å². The van der Waals surface area contributed by atoms with Crippen LogP contribution < -0.4 is 19.6 Å². The van der Waals surface area contributed by atoms with E-state index in [2.05, 4.69) is 15.5 Å². The van der Waals surface area contributed by atoms with Gasteiger partial charge in [0, 0.05) is 22.0 Å². The van der Waals surface area contributed by atoms with Crippen molar-refractivity contribution in [2.24, 2.45) is 5.10 Å². The number of aryl methyl sites for hydroxylation is 1. The van der Waals surface area contributed by atoms with Crippen molar-refractivity contribution >= 4 is 29.0 Å². The molecule has 0 radical (unpaired) electrons. The highest BCUT2D eigenvalue weighted by atomic mass is 16.5. The Balaban J connectivity index is 1.36. The number of carbonyl (C=O) groups excluding carboxylic acids is 2. The van der Waals surface area contributed by atoms with Gasteiger partial charge in [0.1, 0.15) is 11.4 Å². The fourth-order valence-electron chi connectivity index (χ4n) is 4.67. The molecule has 0 saturated carbocycles. The predicted octanol–water partition coefficient (Wildman–Crippen LogP) is 6.92. The van der Waals surface area contributed by atoms with Crippen LogP contribution in [0.4, 0.5) is 0 Å². The van der Waals surface area contributed by atoms with Gasteiger partial charge in [-0.3, -0.25) is 4.79 Å². The lowest BCUT2D eigenvalue weighted by Gasteiger charge is -2.12. The molecule has 2 N–H and O–H groups in total. The minimum absolute atomic E-state index is 0.290. The summed E-state index contributed by atoms with van der Waals surface area (Å²) in [6, 6.07) is 27.6. The molecule has 0 aliphatic heterocycles. The molecule has 8 heteroatoms. The largest absolute Gasteiger partial charge is 0.490 e. The Morgan fingerprint density at radius 2 is 1.57 bits per heavy atom. The molecule has 0 atom stereocenters. The summed E-state index contributed by atoms with van der Waals surface area (Å²) in [5, 5.41) is 5.14. The van der Waals surface area contributed by atoms with E-state index in [0.717, 1.165) is 27.6 Å². The van der Waals surface area contributed by atoms with Gasteiger partial charge in [-0.25, -0.2) is 10.2 Å². The maximum Gasteiger partial charge on any atom is 0.343 e. The van der Waals surface area contributed by atoms with Gasteiger partial charge in [0.05, 0.1) is 25.0 Å². The molecule has 1 amide bonds. The van der Waals surface area contributed by atoms with E-state index in [0.29, 0.717) is 47.3 Å². The Kier molecular flexibility index (Phi) is 8.63. The third-order valence-corrected chi connectivity index (χ3v) is 6.60. The van der Waals surface area contributed by atoms with Crippen molar-refractivity contribution in [3.8, 4) is 28.4 Å². The number of rotatable bonds is 10. The second-order valence-corrected chi connectivity index (χ2v) is 9.39. The molecule has 0 unspecified atom stereocenters. The summed E-state index contributed by atoms with van der Waals surface area (Å²) >= 11 is 0. The quantitative estimate of drug-likeness (QED) is 0.0834. The molecule has 0 saturated heterocycles. The van der Waals surface area contributed by atoms with Crippen LogP contribution in [0, 0.1) is 6.92 Å². The first-order valence-corrected chi connectivity index (χ1v) is 13.7. The van der Waals surface area contributed by atoms with Crippen LogP contribution in [0.5, 0.6) is 17.2 Å². The van der Waals surface area contributed by atoms with Gasteiger partial charge in [-0.2, -0.15) is 5.10 Å². The number of para-hydroxylation sites is 2. The number of hydrogen-bond acceptors (Lipinski definition) is 6. The molecule has 0 spiro atoms. The number of fused-ring (bicyclic) bond motifs is 1. The molecule has 8 nitrogen and oxygen atoms in total. The van der Waals surface area contributed by atoms with Crippen LogP contribution in [0.15, 0.2) is 96.1 Å². The Labute approximate surface area is 243 Å². The van der Waals surface area contributed by atoms with E-state index in [9.17, 15) is 9.59 Å². The number of H-pyrrole nitrogens is 1. The molecule has 1 heterocycles. The molecular weight excluding hydrogens is 530 g/mol. The van der Waals surface area contributed by atoms with Gasteiger partial charge in [-0.1, -0.05) is 60.7 Å². The average Bonchev–Trinajstić information content (AvgIpc) is 3.41. The number of esters is 1. The van der Waals surface area contributed by atoms with Crippen LogP contribution in [0.3, 0.4) is 0 Å². The molecule has 0 aliphatic carbocycles. The van der Waals surface area contributed by atoms with E-state index in [-0.39, 0.29) is 0 Å². The number of ether oxygens (including phenoxy) is 3. The van der Waals surface area contributed by atoms with Crippen molar-refractivity contribution < 1.29 is 23.8 Å². The van der Waals surface area contributed by atoms with Crippen LogP contribution in [-0.2, 0) is 0 Å². The number of nitrogens with zero attached hydrogens (tertiary/aromatic N) is 1. The van der Waals surface area contributed by atoms with Gasteiger partial charge in [0.25, 0.3) is 5.91 Å². The molecule has 5 aromatic rings. The molecule has 4 aromatic carbocycles. The minimum Gasteiger partial charge on any atom is -0.490 e. The predicted molar refractivity (Wildman–Crippen MR) is 164 cm³/mol. The van der Waals surface area contributed by atoms with Gasteiger partial charge in [-0.05, 0) is 62.2 Å². The van der Waals surface area contributed by atoms with Crippen LogP contribution in [0.25, 0.3) is 22.0 Å². The van der Waals surface area contributed by atoms with E-state index in [1.165, 1.54) is 6.21 Å². The monoisotopic (exact) mass is 561 g/mol. The maximum absolute atomic E-state index is 13.4. The van der Waals surface area contributed by atoms with Crippen molar-refractivity contribution in [1.82, 2.24) is 10.4 Å². The fraction of sp³-hybridized carbons (Fsp3) is 0.147. The summed E-state index contributed by atoms with van der Waals surface area (Å²) in [6.07, 6.45) is 1.44. The first-order chi connectivity index (χ1) is 20.5. The molecule has 0 fully saturated rings. The number of benzene rings is 4. The molecule has 5 rings (SSSR count). The van der Waals surface area contributed by atoms with Gasteiger partial charge in [0.2, 0.25) is 0 Å². The lowest BCUT2D eigenvalue weighted by molar-refractivity contribution is 0.0733. The zero-order valence-corrected chi connectivity index (χ0v) is 23.6. The topological polar surface area (TPSA) is 102 Å². The van der Waals surface area contributed by atoms with Crippen molar-refractivity contribution in [2.75, 3.05) is 13.2 Å².